The largest absolute Gasteiger partial charge is 0.474 e. The van der Waals surface area contributed by atoms with Crippen molar-refractivity contribution in [3.05, 3.63) is 89.0 Å². The van der Waals surface area contributed by atoms with Gasteiger partial charge in [-0.25, -0.2) is 14.1 Å². The van der Waals surface area contributed by atoms with E-state index >= 15 is 0 Å². The molecule has 5 rings (SSSR count). The fourth-order valence-electron chi connectivity index (χ4n) is 5.04. The maximum atomic E-state index is 14.5. The molecule has 0 bridgehead atoms. The summed E-state index contributed by atoms with van der Waals surface area (Å²) in [5.41, 5.74) is 1.95. The third-order valence-corrected chi connectivity index (χ3v) is 6.58. The van der Waals surface area contributed by atoms with Crippen LogP contribution >= 0.6 is 0 Å². The van der Waals surface area contributed by atoms with Crippen LogP contribution in [0.1, 0.15) is 44.9 Å². The summed E-state index contributed by atoms with van der Waals surface area (Å²) in [6.07, 6.45) is 1.79. The summed E-state index contributed by atoms with van der Waals surface area (Å²) in [5.74, 6) is -1.78. The number of carbonyl (C=O) groups excluding carboxylic acids is 3. The van der Waals surface area contributed by atoms with Gasteiger partial charge in [-0.05, 0) is 63.5 Å². The molecule has 2 aromatic carbocycles. The Kier molecular flexibility index (Phi) is 5.70. The first-order valence-electron chi connectivity index (χ1n) is 11.8. The number of anilines is 1. The predicted octanol–water partition coefficient (Wildman–Crippen LogP) is 5.04. The van der Waals surface area contributed by atoms with E-state index in [1.165, 1.54) is 29.4 Å². The van der Waals surface area contributed by atoms with E-state index in [1.807, 2.05) is 24.3 Å². The normalized spacial score (nSPS) is 24.2. The van der Waals surface area contributed by atoms with Crippen molar-refractivity contribution in [2.75, 3.05) is 4.90 Å². The monoisotopic (exact) mass is 490 g/mol. The van der Waals surface area contributed by atoms with Gasteiger partial charge in [-0.1, -0.05) is 36.4 Å². The number of likely N-dealkylation sites (tertiary alicyclic amines) is 1. The second-order valence-corrected chi connectivity index (χ2v) is 10.2. The molecule has 1 saturated heterocycles. The van der Waals surface area contributed by atoms with Gasteiger partial charge in [0.1, 0.15) is 11.4 Å². The first kappa shape index (κ1) is 23.8. The maximum Gasteiger partial charge on any atom is 0.417 e. The molecule has 2 aromatic rings. The maximum absolute atomic E-state index is 14.5. The van der Waals surface area contributed by atoms with Crippen molar-refractivity contribution in [2.45, 2.75) is 52.0 Å². The molecule has 0 spiro atoms. The lowest BCUT2D eigenvalue weighted by molar-refractivity contribution is -0.125. The number of carbonyl (C=O) groups is 3. The Balaban J connectivity index is 1.49. The summed E-state index contributed by atoms with van der Waals surface area (Å²) >= 11 is 0. The average molecular weight is 491 g/mol. The number of benzene rings is 2. The number of ether oxygens (including phenoxy) is 2. The summed E-state index contributed by atoms with van der Waals surface area (Å²) in [7, 11) is 0. The highest BCUT2D eigenvalue weighted by molar-refractivity contribution is 6.08. The number of nitrogens with zero attached hydrogens (tertiary/aromatic N) is 2. The summed E-state index contributed by atoms with van der Waals surface area (Å²) in [4.78, 5) is 41.8. The van der Waals surface area contributed by atoms with Gasteiger partial charge in [-0.3, -0.25) is 14.5 Å². The standard InChI is InChI=1S/C28H27FN2O5/c1-16-13-23(30(25(16)32)22-12-8-7-11-21(22)29)35-15-20-19-14-17-9-5-6-10-18(17)24(19)31(26(20)33)27(34)36-28(2,3)4/h5-13,15,19,23-24H,14H2,1-4H3/b20-15+. The summed E-state index contributed by atoms with van der Waals surface area (Å²) in [6, 6.07) is 13.1. The molecule has 1 aliphatic carbocycles. The Hall–Kier alpha value is -3.94. The lowest BCUT2D eigenvalue weighted by atomic mass is 9.97. The number of fused-ring (bicyclic) bond motifs is 3. The molecule has 36 heavy (non-hydrogen) atoms. The zero-order valence-electron chi connectivity index (χ0n) is 20.5. The number of imide groups is 1. The molecule has 8 heteroatoms. The summed E-state index contributed by atoms with van der Waals surface area (Å²) in [5, 5.41) is 0. The Labute approximate surface area is 208 Å². The van der Waals surface area contributed by atoms with E-state index in [1.54, 1.807) is 39.8 Å². The molecule has 0 aromatic heterocycles. The number of amides is 3. The molecular weight excluding hydrogens is 463 g/mol. The molecule has 3 aliphatic rings. The Morgan fingerprint density at radius 3 is 2.47 bits per heavy atom. The highest BCUT2D eigenvalue weighted by Gasteiger charge is 2.53. The van der Waals surface area contributed by atoms with E-state index in [-0.39, 0.29) is 17.5 Å². The second-order valence-electron chi connectivity index (χ2n) is 10.2. The SMILES string of the molecule is CC1=CC(O/C=C2/C(=O)N(C(=O)OC(C)(C)C)C3c4ccccc4CC23)N(c2ccccc2F)C1=O. The van der Waals surface area contributed by atoms with Crippen molar-refractivity contribution in [1.29, 1.82) is 0 Å². The highest BCUT2D eigenvalue weighted by Crippen LogP contribution is 2.50. The van der Waals surface area contributed by atoms with Gasteiger partial charge >= 0.3 is 6.09 Å². The van der Waals surface area contributed by atoms with Gasteiger partial charge in [0.05, 0.1) is 23.6 Å². The third-order valence-electron chi connectivity index (χ3n) is 6.58. The zero-order valence-corrected chi connectivity index (χ0v) is 20.5. The average Bonchev–Trinajstić information content (AvgIpc) is 3.40. The molecule has 1 fully saturated rings. The molecule has 3 atom stereocenters. The molecule has 0 saturated carbocycles. The molecule has 2 heterocycles. The number of rotatable bonds is 3. The fraction of sp³-hybridized carbons (Fsp3) is 0.321. The molecule has 3 amide bonds. The first-order valence-corrected chi connectivity index (χ1v) is 11.8. The Morgan fingerprint density at radius 1 is 1.06 bits per heavy atom. The van der Waals surface area contributed by atoms with Gasteiger partial charge in [0, 0.05) is 11.5 Å². The number of para-hydroxylation sites is 1. The minimum atomic E-state index is -0.937. The topological polar surface area (TPSA) is 76.2 Å². The van der Waals surface area contributed by atoms with Gasteiger partial charge in [-0.15, -0.1) is 0 Å². The lowest BCUT2D eigenvalue weighted by Crippen LogP contribution is -2.39. The lowest BCUT2D eigenvalue weighted by Gasteiger charge is -2.27. The van der Waals surface area contributed by atoms with Crippen molar-refractivity contribution in [3.8, 4) is 0 Å². The van der Waals surface area contributed by atoms with E-state index in [0.29, 0.717) is 17.6 Å². The molecule has 0 radical (unpaired) electrons. The number of hydrogen-bond acceptors (Lipinski definition) is 5. The quantitative estimate of drug-likeness (QED) is 0.445. The third kappa shape index (κ3) is 3.96. The van der Waals surface area contributed by atoms with E-state index in [0.717, 1.165) is 16.0 Å². The second kappa shape index (κ2) is 8.62. The van der Waals surface area contributed by atoms with Crippen molar-refractivity contribution in [2.24, 2.45) is 5.92 Å². The molecule has 7 nitrogen and oxygen atoms in total. The van der Waals surface area contributed by atoms with Crippen LogP contribution in [0.4, 0.5) is 14.9 Å². The van der Waals surface area contributed by atoms with Crippen LogP contribution in [0.15, 0.2) is 72.0 Å². The van der Waals surface area contributed by atoms with Crippen LogP contribution in [0, 0.1) is 11.7 Å². The molecule has 186 valence electrons. The molecule has 3 unspecified atom stereocenters. The number of hydrogen-bond donors (Lipinski definition) is 0. The van der Waals surface area contributed by atoms with Crippen LogP contribution in [-0.4, -0.2) is 34.6 Å². The summed E-state index contributed by atoms with van der Waals surface area (Å²) in [6.45, 7) is 6.86. The predicted molar refractivity (Wildman–Crippen MR) is 130 cm³/mol. The van der Waals surface area contributed by atoms with Crippen molar-refractivity contribution in [3.63, 3.8) is 0 Å². The van der Waals surface area contributed by atoms with E-state index in [4.69, 9.17) is 9.47 Å². The minimum Gasteiger partial charge on any atom is -0.474 e. The van der Waals surface area contributed by atoms with Gasteiger partial charge < -0.3 is 9.47 Å². The van der Waals surface area contributed by atoms with Crippen LogP contribution in [0.2, 0.25) is 0 Å². The van der Waals surface area contributed by atoms with Gasteiger partial charge in [-0.2, -0.15) is 0 Å². The van der Waals surface area contributed by atoms with E-state index < -0.39 is 35.7 Å². The van der Waals surface area contributed by atoms with Crippen LogP contribution in [-0.2, 0) is 25.5 Å². The van der Waals surface area contributed by atoms with Crippen LogP contribution < -0.4 is 4.90 Å². The van der Waals surface area contributed by atoms with Gasteiger partial charge in [0.25, 0.3) is 11.8 Å². The van der Waals surface area contributed by atoms with Crippen LogP contribution in [0.25, 0.3) is 0 Å². The zero-order chi connectivity index (χ0) is 25.8. The molecular formula is C28H27FN2O5. The molecule has 0 N–H and O–H groups in total. The molecule has 2 aliphatic heterocycles. The van der Waals surface area contributed by atoms with Crippen LogP contribution in [0.5, 0.6) is 0 Å². The Morgan fingerprint density at radius 2 is 1.75 bits per heavy atom. The van der Waals surface area contributed by atoms with Crippen LogP contribution in [0.3, 0.4) is 0 Å². The first-order chi connectivity index (χ1) is 17.1. The van der Waals surface area contributed by atoms with Crippen molar-refractivity contribution in [1.82, 2.24) is 4.90 Å². The fourth-order valence-corrected chi connectivity index (χ4v) is 5.04. The van der Waals surface area contributed by atoms with Crippen molar-refractivity contribution >= 4 is 23.6 Å². The van der Waals surface area contributed by atoms with E-state index in [9.17, 15) is 18.8 Å². The summed E-state index contributed by atoms with van der Waals surface area (Å²) < 4.78 is 26.0. The number of halogens is 1. The smallest absolute Gasteiger partial charge is 0.417 e. The Bertz CT molecular complexity index is 1330. The van der Waals surface area contributed by atoms with E-state index in [2.05, 4.69) is 0 Å². The van der Waals surface area contributed by atoms with Gasteiger partial charge in [0.2, 0.25) is 0 Å². The minimum absolute atomic E-state index is 0.0817. The van der Waals surface area contributed by atoms with Crippen molar-refractivity contribution < 1.29 is 28.2 Å². The van der Waals surface area contributed by atoms with Gasteiger partial charge in [0.15, 0.2) is 6.23 Å². The highest BCUT2D eigenvalue weighted by atomic mass is 19.1.